The van der Waals surface area contributed by atoms with Gasteiger partial charge >= 0.3 is 4.87 Å². The van der Waals surface area contributed by atoms with Gasteiger partial charge in [-0.3, -0.25) is 14.8 Å². The van der Waals surface area contributed by atoms with Crippen molar-refractivity contribution in [2.75, 3.05) is 6.61 Å². The van der Waals surface area contributed by atoms with Gasteiger partial charge in [0.2, 0.25) is 5.88 Å². The summed E-state index contributed by atoms with van der Waals surface area (Å²) >= 11 is 1.03. The van der Waals surface area contributed by atoms with Crippen LogP contribution in [-0.4, -0.2) is 21.7 Å². The molecule has 0 saturated heterocycles. The van der Waals surface area contributed by atoms with Gasteiger partial charge in [0.15, 0.2) is 0 Å². The van der Waals surface area contributed by atoms with Gasteiger partial charge in [0.25, 0.3) is 0 Å². The molecule has 0 spiro atoms. The minimum atomic E-state index is -0.242. The van der Waals surface area contributed by atoms with Crippen molar-refractivity contribution < 1.29 is 9.84 Å². The monoisotopic (exact) mass is 356 g/mol. The van der Waals surface area contributed by atoms with E-state index in [1.807, 2.05) is 36.5 Å². The number of aromatic hydroxyl groups is 1. The molecule has 3 rings (SSSR count). The van der Waals surface area contributed by atoms with E-state index in [0.717, 1.165) is 41.2 Å². The molecule has 1 aromatic carbocycles. The highest BCUT2D eigenvalue weighted by molar-refractivity contribution is 7.09. The maximum Gasteiger partial charge on any atom is 0.307 e. The summed E-state index contributed by atoms with van der Waals surface area (Å²) in [4.78, 5) is 18.4. The van der Waals surface area contributed by atoms with Crippen molar-refractivity contribution in [3.8, 4) is 11.6 Å². The lowest BCUT2D eigenvalue weighted by Crippen LogP contribution is -2.05. The van der Waals surface area contributed by atoms with Crippen molar-refractivity contribution in [3.05, 3.63) is 74.0 Å². The highest BCUT2D eigenvalue weighted by Gasteiger charge is 2.08. The summed E-state index contributed by atoms with van der Waals surface area (Å²) in [6, 6.07) is 11.7. The normalized spacial score (nSPS) is 10.8. The number of nitrogens with one attached hydrogen (secondary N) is 1. The molecule has 2 aromatic heterocycles. The van der Waals surface area contributed by atoms with Crippen molar-refractivity contribution in [3.63, 3.8) is 0 Å². The van der Waals surface area contributed by atoms with Crippen LogP contribution in [0, 0.1) is 0 Å². The van der Waals surface area contributed by atoms with Gasteiger partial charge in [-0.15, -0.1) is 0 Å². The highest BCUT2D eigenvalue weighted by Crippen LogP contribution is 2.21. The SMILES string of the molecule is CCc1cccnc1CCOc1ccc(Cc2sc(=O)[nH]c2O)cc1. The molecule has 130 valence electrons. The van der Waals surface area contributed by atoms with E-state index in [1.165, 1.54) is 5.56 Å². The fourth-order valence-corrected chi connectivity index (χ4v) is 3.40. The third kappa shape index (κ3) is 4.48. The smallest absolute Gasteiger partial charge is 0.307 e. The number of pyridine rings is 1. The number of benzene rings is 1. The zero-order valence-corrected chi connectivity index (χ0v) is 14.8. The minimum absolute atomic E-state index is 0.0441. The number of rotatable bonds is 7. The summed E-state index contributed by atoms with van der Waals surface area (Å²) in [5, 5.41) is 9.64. The third-order valence-electron chi connectivity index (χ3n) is 3.96. The first kappa shape index (κ1) is 17.2. The van der Waals surface area contributed by atoms with Gasteiger partial charge in [-0.25, -0.2) is 0 Å². The van der Waals surface area contributed by atoms with Gasteiger partial charge in [0.1, 0.15) is 5.75 Å². The van der Waals surface area contributed by atoms with Crippen molar-refractivity contribution in [2.24, 2.45) is 0 Å². The molecule has 0 aliphatic carbocycles. The predicted molar refractivity (Wildman–Crippen MR) is 98.7 cm³/mol. The molecule has 0 saturated carbocycles. The lowest BCUT2D eigenvalue weighted by molar-refractivity contribution is 0.320. The van der Waals surface area contributed by atoms with E-state index in [4.69, 9.17) is 4.74 Å². The molecular weight excluding hydrogens is 336 g/mol. The summed E-state index contributed by atoms with van der Waals surface area (Å²) in [6.45, 7) is 2.70. The topological polar surface area (TPSA) is 75.2 Å². The van der Waals surface area contributed by atoms with Crippen molar-refractivity contribution in [2.45, 2.75) is 26.2 Å². The molecule has 0 bridgehead atoms. The molecule has 2 heterocycles. The van der Waals surface area contributed by atoms with Gasteiger partial charge < -0.3 is 9.84 Å². The number of hydrogen-bond acceptors (Lipinski definition) is 5. The van der Waals surface area contributed by atoms with Gasteiger partial charge in [-0.1, -0.05) is 36.5 Å². The summed E-state index contributed by atoms with van der Waals surface area (Å²) in [6.07, 6.45) is 4.07. The van der Waals surface area contributed by atoms with Crippen LogP contribution in [0.1, 0.15) is 28.6 Å². The maximum absolute atomic E-state index is 11.2. The fourth-order valence-electron chi connectivity index (χ4n) is 2.64. The van der Waals surface area contributed by atoms with Gasteiger partial charge in [0.05, 0.1) is 11.5 Å². The van der Waals surface area contributed by atoms with Crippen molar-refractivity contribution in [1.82, 2.24) is 9.97 Å². The van der Waals surface area contributed by atoms with E-state index in [2.05, 4.69) is 23.0 Å². The summed E-state index contributed by atoms with van der Waals surface area (Å²) in [7, 11) is 0. The molecule has 0 fully saturated rings. The van der Waals surface area contributed by atoms with E-state index in [0.29, 0.717) is 17.9 Å². The Labute approximate surface area is 150 Å². The Hall–Kier alpha value is -2.60. The van der Waals surface area contributed by atoms with Gasteiger partial charge in [-0.05, 0) is 35.7 Å². The van der Waals surface area contributed by atoms with E-state index in [-0.39, 0.29) is 10.8 Å². The molecule has 0 radical (unpaired) electrons. The second kappa shape index (κ2) is 7.98. The van der Waals surface area contributed by atoms with E-state index in [1.54, 1.807) is 0 Å². The van der Waals surface area contributed by atoms with Crippen molar-refractivity contribution >= 4 is 11.3 Å². The number of hydrogen-bond donors (Lipinski definition) is 2. The second-order valence-corrected chi connectivity index (χ2v) is 6.74. The van der Waals surface area contributed by atoms with Crippen LogP contribution >= 0.6 is 11.3 Å². The van der Waals surface area contributed by atoms with Crippen LogP contribution in [0.15, 0.2) is 47.4 Å². The summed E-state index contributed by atoms with van der Waals surface area (Å²) < 4.78 is 5.80. The Kier molecular flexibility index (Phi) is 5.50. The molecule has 0 atom stereocenters. The fraction of sp³-hybridized carbons (Fsp3) is 0.263. The molecule has 0 unspecified atom stereocenters. The molecule has 6 heteroatoms. The third-order valence-corrected chi connectivity index (χ3v) is 4.83. The lowest BCUT2D eigenvalue weighted by Gasteiger charge is -2.09. The number of H-pyrrole nitrogens is 1. The molecule has 25 heavy (non-hydrogen) atoms. The van der Waals surface area contributed by atoms with E-state index in [9.17, 15) is 9.90 Å². The molecule has 2 N–H and O–H groups in total. The highest BCUT2D eigenvalue weighted by atomic mass is 32.1. The molecule has 3 aromatic rings. The van der Waals surface area contributed by atoms with Gasteiger partial charge in [-0.2, -0.15) is 0 Å². The Morgan fingerprint density at radius 1 is 1.24 bits per heavy atom. The lowest BCUT2D eigenvalue weighted by atomic mass is 10.1. The molecule has 5 nitrogen and oxygen atoms in total. The van der Waals surface area contributed by atoms with E-state index >= 15 is 0 Å². The number of nitrogens with zero attached hydrogens (tertiary/aromatic N) is 1. The number of aromatic nitrogens is 2. The molecule has 0 amide bonds. The van der Waals surface area contributed by atoms with Crippen molar-refractivity contribution in [1.29, 1.82) is 0 Å². The quantitative estimate of drug-likeness (QED) is 0.681. The molecule has 0 aliphatic heterocycles. The number of aryl methyl sites for hydroxylation is 1. The van der Waals surface area contributed by atoms with Crippen LogP contribution in [-0.2, 0) is 19.3 Å². The number of ether oxygens (including phenoxy) is 1. The zero-order chi connectivity index (χ0) is 17.6. The Morgan fingerprint density at radius 3 is 2.72 bits per heavy atom. The Morgan fingerprint density at radius 2 is 2.04 bits per heavy atom. The second-order valence-electron chi connectivity index (χ2n) is 5.67. The zero-order valence-electron chi connectivity index (χ0n) is 14.0. The van der Waals surface area contributed by atoms with Crippen LogP contribution in [0.4, 0.5) is 0 Å². The average molecular weight is 356 g/mol. The van der Waals surface area contributed by atoms with Crippen LogP contribution in [0.25, 0.3) is 0 Å². The predicted octanol–water partition coefficient (Wildman–Crippen LogP) is 3.31. The standard InChI is InChI=1S/C19H20N2O3S/c1-2-14-4-3-10-20-16(14)9-11-24-15-7-5-13(6-8-15)12-17-18(22)21-19(23)25-17/h3-8,10,22H,2,9,11-12H2,1H3,(H,21,23). The summed E-state index contributed by atoms with van der Waals surface area (Å²) in [5.74, 6) is 0.752. The van der Waals surface area contributed by atoms with Crippen LogP contribution in [0.2, 0.25) is 0 Å². The van der Waals surface area contributed by atoms with Crippen LogP contribution < -0.4 is 9.61 Å². The molecular formula is C19H20N2O3S. The first-order valence-electron chi connectivity index (χ1n) is 8.21. The Bertz CT molecular complexity index is 884. The van der Waals surface area contributed by atoms with E-state index < -0.39 is 0 Å². The number of aromatic amines is 1. The largest absolute Gasteiger partial charge is 0.494 e. The first-order chi connectivity index (χ1) is 12.2. The maximum atomic E-state index is 11.2. The summed E-state index contributed by atoms with van der Waals surface area (Å²) in [5.41, 5.74) is 3.35. The average Bonchev–Trinajstić information content (AvgIpc) is 2.94. The van der Waals surface area contributed by atoms with Crippen LogP contribution in [0.5, 0.6) is 11.6 Å². The Balaban J connectivity index is 1.56. The van der Waals surface area contributed by atoms with Gasteiger partial charge in [0, 0.05) is 24.7 Å². The minimum Gasteiger partial charge on any atom is -0.494 e. The molecule has 0 aliphatic rings. The number of thiazole rings is 1. The van der Waals surface area contributed by atoms with Crippen LogP contribution in [0.3, 0.4) is 0 Å². The first-order valence-corrected chi connectivity index (χ1v) is 9.03.